The molecule has 0 aromatic heterocycles. The largest absolute Gasteiger partial charge is 0.501 e. The molecule has 0 atom stereocenters. The maximum Gasteiger partial charge on any atom is 0.193 e. The van der Waals surface area contributed by atoms with E-state index in [9.17, 15) is 4.79 Å². The number of carbonyl (C=O) groups is 1. The standard InChI is InChI=1S/C12H18O4/c1-14-12(4-7-15-8-5-12)11(13)10-3-2-6-16-9-10/h9H,2-8H2,1H3. The van der Waals surface area contributed by atoms with Gasteiger partial charge in [0.05, 0.1) is 12.9 Å². The molecule has 0 spiro atoms. The Morgan fingerprint density at radius 2 is 2.12 bits per heavy atom. The van der Waals surface area contributed by atoms with Crippen LogP contribution in [0.25, 0.3) is 0 Å². The van der Waals surface area contributed by atoms with Gasteiger partial charge in [-0.15, -0.1) is 0 Å². The molecule has 0 aromatic carbocycles. The van der Waals surface area contributed by atoms with Crippen molar-refractivity contribution in [1.82, 2.24) is 0 Å². The molecule has 0 radical (unpaired) electrons. The van der Waals surface area contributed by atoms with Crippen molar-refractivity contribution < 1.29 is 19.0 Å². The third kappa shape index (κ3) is 2.13. The lowest BCUT2D eigenvalue weighted by Gasteiger charge is -2.35. The molecule has 0 N–H and O–H groups in total. The Labute approximate surface area is 95.6 Å². The van der Waals surface area contributed by atoms with E-state index < -0.39 is 5.60 Å². The predicted octanol–water partition coefficient (Wildman–Crippen LogP) is 1.45. The molecule has 0 amide bonds. The van der Waals surface area contributed by atoms with Crippen molar-refractivity contribution >= 4 is 5.78 Å². The molecule has 0 aromatic rings. The van der Waals surface area contributed by atoms with Gasteiger partial charge in [-0.1, -0.05) is 0 Å². The summed E-state index contributed by atoms with van der Waals surface area (Å²) < 4.78 is 16.0. The number of ketones is 1. The molecule has 1 saturated heterocycles. The van der Waals surface area contributed by atoms with Crippen molar-refractivity contribution in [2.75, 3.05) is 26.9 Å². The van der Waals surface area contributed by atoms with Gasteiger partial charge in [0.1, 0.15) is 5.60 Å². The van der Waals surface area contributed by atoms with Crippen LogP contribution < -0.4 is 0 Å². The zero-order valence-corrected chi connectivity index (χ0v) is 9.66. The van der Waals surface area contributed by atoms with Crippen LogP contribution in [0.15, 0.2) is 11.8 Å². The number of rotatable bonds is 3. The minimum absolute atomic E-state index is 0.0815. The number of Topliss-reactive ketones (excluding diaryl/α,β-unsaturated/α-hetero) is 1. The van der Waals surface area contributed by atoms with Crippen molar-refractivity contribution in [3.8, 4) is 0 Å². The summed E-state index contributed by atoms with van der Waals surface area (Å²) in [6.07, 6.45) is 4.58. The Morgan fingerprint density at radius 1 is 1.38 bits per heavy atom. The lowest BCUT2D eigenvalue weighted by Crippen LogP contribution is -2.46. The highest BCUT2D eigenvalue weighted by Crippen LogP contribution is 2.30. The zero-order valence-electron chi connectivity index (χ0n) is 9.66. The fraction of sp³-hybridized carbons (Fsp3) is 0.750. The van der Waals surface area contributed by atoms with Gasteiger partial charge in [0.25, 0.3) is 0 Å². The molecule has 90 valence electrons. The third-order valence-corrected chi connectivity index (χ3v) is 3.33. The van der Waals surface area contributed by atoms with Crippen molar-refractivity contribution in [2.45, 2.75) is 31.3 Å². The molecular formula is C12H18O4. The van der Waals surface area contributed by atoms with E-state index in [0.29, 0.717) is 32.7 Å². The van der Waals surface area contributed by atoms with Crippen LogP contribution in [-0.2, 0) is 19.0 Å². The van der Waals surface area contributed by atoms with E-state index in [-0.39, 0.29) is 5.78 Å². The lowest BCUT2D eigenvalue weighted by molar-refractivity contribution is -0.149. The van der Waals surface area contributed by atoms with Crippen LogP contribution in [0.1, 0.15) is 25.7 Å². The molecule has 4 heteroatoms. The van der Waals surface area contributed by atoms with E-state index in [1.165, 1.54) is 0 Å². The third-order valence-electron chi connectivity index (χ3n) is 3.33. The molecule has 1 fully saturated rings. The van der Waals surface area contributed by atoms with E-state index >= 15 is 0 Å². The number of hydrogen-bond acceptors (Lipinski definition) is 4. The van der Waals surface area contributed by atoms with Crippen LogP contribution in [0.3, 0.4) is 0 Å². The smallest absolute Gasteiger partial charge is 0.193 e. The van der Waals surface area contributed by atoms with Gasteiger partial charge in [-0.2, -0.15) is 0 Å². The molecule has 2 heterocycles. The number of carbonyl (C=O) groups excluding carboxylic acids is 1. The Morgan fingerprint density at radius 3 is 2.69 bits per heavy atom. The lowest BCUT2D eigenvalue weighted by atomic mass is 9.84. The summed E-state index contributed by atoms with van der Waals surface area (Å²) in [4.78, 5) is 12.4. The number of ether oxygens (including phenoxy) is 3. The van der Waals surface area contributed by atoms with Crippen LogP contribution >= 0.6 is 0 Å². The van der Waals surface area contributed by atoms with Crippen molar-refractivity contribution in [3.63, 3.8) is 0 Å². The summed E-state index contributed by atoms with van der Waals surface area (Å²) in [7, 11) is 1.60. The second kappa shape index (κ2) is 4.97. The van der Waals surface area contributed by atoms with Gasteiger partial charge in [0.15, 0.2) is 5.78 Å². The highest BCUT2D eigenvalue weighted by molar-refractivity contribution is 6.01. The quantitative estimate of drug-likeness (QED) is 0.730. The molecular weight excluding hydrogens is 208 g/mol. The van der Waals surface area contributed by atoms with E-state index in [2.05, 4.69) is 0 Å². The monoisotopic (exact) mass is 226 g/mol. The van der Waals surface area contributed by atoms with Gasteiger partial charge in [-0.3, -0.25) is 4.79 Å². The first-order valence-electron chi connectivity index (χ1n) is 5.77. The maximum absolute atomic E-state index is 12.4. The number of methoxy groups -OCH3 is 1. The molecule has 0 saturated carbocycles. The van der Waals surface area contributed by atoms with E-state index in [1.807, 2.05) is 0 Å². The summed E-state index contributed by atoms with van der Waals surface area (Å²) in [5.74, 6) is 0.0815. The highest BCUT2D eigenvalue weighted by atomic mass is 16.5. The zero-order chi connectivity index (χ0) is 11.4. The molecule has 4 nitrogen and oxygen atoms in total. The molecule has 0 aliphatic carbocycles. The minimum atomic E-state index is -0.676. The summed E-state index contributed by atoms with van der Waals surface area (Å²) in [6.45, 7) is 1.89. The van der Waals surface area contributed by atoms with Gasteiger partial charge >= 0.3 is 0 Å². The van der Waals surface area contributed by atoms with Gasteiger partial charge < -0.3 is 14.2 Å². The van der Waals surface area contributed by atoms with E-state index in [1.54, 1.807) is 13.4 Å². The first-order chi connectivity index (χ1) is 7.78. The van der Waals surface area contributed by atoms with Crippen molar-refractivity contribution in [3.05, 3.63) is 11.8 Å². The average molecular weight is 226 g/mol. The molecule has 0 unspecified atom stereocenters. The first kappa shape index (κ1) is 11.6. The molecule has 2 aliphatic heterocycles. The Balaban J connectivity index is 2.13. The minimum Gasteiger partial charge on any atom is -0.501 e. The highest BCUT2D eigenvalue weighted by Gasteiger charge is 2.41. The van der Waals surface area contributed by atoms with Crippen molar-refractivity contribution in [2.24, 2.45) is 0 Å². The molecule has 16 heavy (non-hydrogen) atoms. The van der Waals surface area contributed by atoms with Gasteiger partial charge in [0.2, 0.25) is 0 Å². The summed E-state index contributed by atoms with van der Waals surface area (Å²) in [5.41, 5.74) is 0.0834. The summed E-state index contributed by atoms with van der Waals surface area (Å²) >= 11 is 0. The molecule has 0 bridgehead atoms. The Hall–Kier alpha value is -0.870. The Bertz CT molecular complexity index is 289. The van der Waals surface area contributed by atoms with Gasteiger partial charge in [0, 0.05) is 38.7 Å². The second-order valence-electron chi connectivity index (χ2n) is 4.26. The predicted molar refractivity (Wildman–Crippen MR) is 58.1 cm³/mol. The molecule has 2 rings (SSSR count). The molecule has 2 aliphatic rings. The fourth-order valence-electron chi connectivity index (χ4n) is 2.25. The summed E-state index contributed by atoms with van der Waals surface area (Å²) in [5, 5.41) is 0. The maximum atomic E-state index is 12.4. The van der Waals surface area contributed by atoms with E-state index in [4.69, 9.17) is 14.2 Å². The van der Waals surface area contributed by atoms with Crippen LogP contribution in [-0.4, -0.2) is 38.3 Å². The Kier molecular flexibility index (Phi) is 3.61. The normalized spacial score (nSPS) is 24.4. The number of hydrogen-bond donors (Lipinski definition) is 0. The van der Waals surface area contributed by atoms with Crippen LogP contribution in [0.5, 0.6) is 0 Å². The van der Waals surface area contributed by atoms with Crippen LogP contribution in [0, 0.1) is 0 Å². The average Bonchev–Trinajstić information content (AvgIpc) is 2.39. The van der Waals surface area contributed by atoms with E-state index in [0.717, 1.165) is 18.4 Å². The topological polar surface area (TPSA) is 44.8 Å². The first-order valence-corrected chi connectivity index (χ1v) is 5.77. The van der Waals surface area contributed by atoms with Crippen molar-refractivity contribution in [1.29, 1.82) is 0 Å². The fourth-order valence-corrected chi connectivity index (χ4v) is 2.25. The van der Waals surface area contributed by atoms with Crippen LogP contribution in [0.2, 0.25) is 0 Å². The van der Waals surface area contributed by atoms with Gasteiger partial charge in [-0.25, -0.2) is 0 Å². The second-order valence-corrected chi connectivity index (χ2v) is 4.26. The van der Waals surface area contributed by atoms with Crippen LogP contribution in [0.4, 0.5) is 0 Å². The SMILES string of the molecule is COC1(C(=O)C2=COCCC2)CCOCC1. The summed E-state index contributed by atoms with van der Waals surface area (Å²) in [6, 6.07) is 0. The van der Waals surface area contributed by atoms with Gasteiger partial charge in [-0.05, 0) is 12.8 Å².